The summed E-state index contributed by atoms with van der Waals surface area (Å²) in [5.41, 5.74) is -3.67. The number of fused-ring (bicyclic) bond motifs is 3. The van der Waals surface area contributed by atoms with Crippen molar-refractivity contribution in [3.05, 3.63) is 0 Å². The second-order valence-corrected chi connectivity index (χ2v) is 5.06. The molecule has 0 aromatic carbocycles. The minimum Gasteiger partial charge on any atom is -0.171 e. The smallest absolute Gasteiger partial charge is 0.171 e. The molecule has 2 bridgehead atoms. The Bertz CT molecular complexity index is 232. The van der Waals surface area contributed by atoms with E-state index in [0.717, 1.165) is 0 Å². The summed E-state index contributed by atoms with van der Waals surface area (Å²) < 4.78 is 76.6. The molecular weight excluding hydrogens is 234 g/mol. The Labute approximate surface area is 89.0 Å². The zero-order chi connectivity index (χ0) is 12.2. The van der Waals surface area contributed by atoms with E-state index in [9.17, 15) is 26.3 Å². The summed E-state index contributed by atoms with van der Waals surface area (Å²) in [6, 6.07) is 0. The van der Waals surface area contributed by atoms with Crippen molar-refractivity contribution in [3.8, 4) is 0 Å². The van der Waals surface area contributed by atoms with Crippen LogP contribution in [0.15, 0.2) is 0 Å². The highest BCUT2D eigenvalue weighted by Gasteiger charge is 2.67. The van der Waals surface area contributed by atoms with Gasteiger partial charge in [-0.15, -0.1) is 0 Å². The summed E-state index contributed by atoms with van der Waals surface area (Å²) in [5.74, 6) is 0. The Balaban J connectivity index is 2.22. The quantitative estimate of drug-likeness (QED) is 0.554. The molecule has 0 N–H and O–H groups in total. The molecule has 6 heteroatoms. The van der Waals surface area contributed by atoms with Gasteiger partial charge in [0, 0.05) is 0 Å². The maximum absolute atomic E-state index is 12.8. The molecule has 0 atom stereocenters. The zero-order valence-electron chi connectivity index (χ0n) is 8.51. The Morgan fingerprint density at radius 3 is 0.812 bits per heavy atom. The molecule has 3 fully saturated rings. The van der Waals surface area contributed by atoms with E-state index in [0.29, 0.717) is 0 Å². The molecule has 0 aromatic heterocycles. The molecule has 0 aliphatic heterocycles. The van der Waals surface area contributed by atoms with E-state index < -0.39 is 23.2 Å². The van der Waals surface area contributed by atoms with Gasteiger partial charge in [0.1, 0.15) is 0 Å². The molecule has 0 radical (unpaired) electrons. The molecule has 0 saturated heterocycles. The summed E-state index contributed by atoms with van der Waals surface area (Å²) in [5, 5.41) is 0. The van der Waals surface area contributed by atoms with Crippen LogP contribution in [0.5, 0.6) is 0 Å². The minimum atomic E-state index is -4.36. The van der Waals surface area contributed by atoms with Crippen LogP contribution in [0.2, 0.25) is 0 Å². The van der Waals surface area contributed by atoms with Crippen LogP contribution in [0.3, 0.4) is 0 Å². The van der Waals surface area contributed by atoms with Crippen molar-refractivity contribution in [1.82, 2.24) is 0 Å². The van der Waals surface area contributed by atoms with Gasteiger partial charge in [0.15, 0.2) is 0 Å². The number of alkyl halides is 6. The van der Waals surface area contributed by atoms with E-state index in [1.165, 1.54) is 0 Å². The van der Waals surface area contributed by atoms with Crippen molar-refractivity contribution < 1.29 is 26.3 Å². The van der Waals surface area contributed by atoms with Gasteiger partial charge >= 0.3 is 12.4 Å². The number of hydrogen-bond donors (Lipinski definition) is 0. The van der Waals surface area contributed by atoms with Crippen molar-refractivity contribution in [2.24, 2.45) is 10.8 Å². The molecule has 0 heterocycles. The maximum Gasteiger partial charge on any atom is 0.394 e. The lowest BCUT2D eigenvalue weighted by molar-refractivity contribution is -0.307. The van der Waals surface area contributed by atoms with Crippen LogP contribution in [-0.4, -0.2) is 12.4 Å². The Kier molecular flexibility index (Phi) is 2.31. The predicted molar refractivity (Wildman–Crippen MR) is 44.7 cm³/mol. The average Bonchev–Trinajstić information content (AvgIpc) is 2.17. The monoisotopic (exact) mass is 246 g/mol. The van der Waals surface area contributed by atoms with Gasteiger partial charge in [-0.05, 0) is 38.5 Å². The highest BCUT2D eigenvalue weighted by Crippen LogP contribution is 2.66. The third-order valence-corrected chi connectivity index (χ3v) is 4.45. The fraction of sp³-hybridized carbons (Fsp3) is 1.00. The van der Waals surface area contributed by atoms with Gasteiger partial charge in [0.05, 0.1) is 10.8 Å². The molecular formula is C10H12F6. The molecule has 16 heavy (non-hydrogen) atoms. The first-order valence-corrected chi connectivity index (χ1v) is 5.26. The lowest BCUT2D eigenvalue weighted by Crippen LogP contribution is -2.54. The van der Waals surface area contributed by atoms with Crippen molar-refractivity contribution in [1.29, 1.82) is 0 Å². The molecule has 3 aliphatic rings. The second kappa shape index (κ2) is 3.07. The van der Waals surface area contributed by atoms with Gasteiger partial charge < -0.3 is 0 Å². The third-order valence-electron chi connectivity index (χ3n) is 4.45. The van der Waals surface area contributed by atoms with E-state index in [4.69, 9.17) is 0 Å². The normalized spacial score (nSPS) is 40.1. The summed E-state index contributed by atoms with van der Waals surface area (Å²) in [6.45, 7) is 0. The molecule has 3 aliphatic carbocycles. The number of halogens is 6. The summed E-state index contributed by atoms with van der Waals surface area (Å²) in [7, 11) is 0. The second-order valence-electron chi connectivity index (χ2n) is 5.06. The molecule has 0 spiro atoms. The Morgan fingerprint density at radius 1 is 0.500 bits per heavy atom. The summed E-state index contributed by atoms with van der Waals surface area (Å²) in [4.78, 5) is 0. The molecule has 0 amide bonds. The SMILES string of the molecule is FC(F)(F)C12CCC(C(F)(F)F)(CC1)CC2. The van der Waals surface area contributed by atoms with E-state index in [-0.39, 0.29) is 38.5 Å². The van der Waals surface area contributed by atoms with Crippen LogP contribution in [0, 0.1) is 10.8 Å². The predicted octanol–water partition coefficient (Wildman–Crippen LogP) is 4.45. The van der Waals surface area contributed by atoms with E-state index in [2.05, 4.69) is 0 Å². The lowest BCUT2D eigenvalue weighted by Gasteiger charge is -2.54. The zero-order valence-corrected chi connectivity index (χ0v) is 8.51. The van der Waals surface area contributed by atoms with Crippen LogP contribution in [0.25, 0.3) is 0 Å². The summed E-state index contributed by atoms with van der Waals surface area (Å²) in [6.07, 6.45) is -10.9. The van der Waals surface area contributed by atoms with Crippen molar-refractivity contribution in [2.75, 3.05) is 0 Å². The van der Waals surface area contributed by atoms with E-state index >= 15 is 0 Å². The largest absolute Gasteiger partial charge is 0.394 e. The van der Waals surface area contributed by atoms with Crippen LogP contribution in [-0.2, 0) is 0 Å². The van der Waals surface area contributed by atoms with Gasteiger partial charge in [-0.1, -0.05) is 0 Å². The average molecular weight is 246 g/mol. The highest BCUT2D eigenvalue weighted by molar-refractivity contribution is 5.05. The van der Waals surface area contributed by atoms with Crippen LogP contribution in [0.4, 0.5) is 26.3 Å². The summed E-state index contributed by atoms with van der Waals surface area (Å²) >= 11 is 0. The minimum absolute atomic E-state index is 0.365. The van der Waals surface area contributed by atoms with Gasteiger partial charge in [-0.25, -0.2) is 0 Å². The van der Waals surface area contributed by atoms with E-state index in [1.54, 1.807) is 0 Å². The fourth-order valence-corrected chi connectivity index (χ4v) is 3.04. The van der Waals surface area contributed by atoms with Crippen LogP contribution >= 0.6 is 0 Å². The molecule has 94 valence electrons. The molecule has 3 saturated carbocycles. The van der Waals surface area contributed by atoms with Gasteiger partial charge in [-0.2, -0.15) is 26.3 Å². The standard InChI is InChI=1S/C10H12F6/c11-9(12,13)7-1-2-8(5-3-7,6-4-7)10(14,15)16/h1-6H2. The van der Waals surface area contributed by atoms with Crippen molar-refractivity contribution in [3.63, 3.8) is 0 Å². The van der Waals surface area contributed by atoms with E-state index in [1.807, 2.05) is 0 Å². The van der Waals surface area contributed by atoms with Gasteiger partial charge in [0.25, 0.3) is 0 Å². The third kappa shape index (κ3) is 1.44. The first-order chi connectivity index (χ1) is 7.12. The van der Waals surface area contributed by atoms with Crippen LogP contribution < -0.4 is 0 Å². The number of hydrogen-bond acceptors (Lipinski definition) is 0. The number of rotatable bonds is 0. The Morgan fingerprint density at radius 2 is 0.688 bits per heavy atom. The first kappa shape index (κ1) is 12.0. The highest BCUT2D eigenvalue weighted by atomic mass is 19.4. The fourth-order valence-electron chi connectivity index (χ4n) is 3.04. The van der Waals surface area contributed by atoms with Gasteiger partial charge in [-0.3, -0.25) is 0 Å². The molecule has 0 unspecified atom stereocenters. The topological polar surface area (TPSA) is 0 Å². The first-order valence-electron chi connectivity index (χ1n) is 5.26. The molecule has 0 aromatic rings. The Hall–Kier alpha value is -0.420. The lowest BCUT2D eigenvalue weighted by atomic mass is 9.53. The van der Waals surface area contributed by atoms with Gasteiger partial charge in [0.2, 0.25) is 0 Å². The maximum atomic E-state index is 12.8. The van der Waals surface area contributed by atoms with Crippen molar-refractivity contribution >= 4 is 0 Å². The molecule has 3 rings (SSSR count). The van der Waals surface area contributed by atoms with Crippen molar-refractivity contribution in [2.45, 2.75) is 50.9 Å². The van der Waals surface area contributed by atoms with Crippen LogP contribution in [0.1, 0.15) is 38.5 Å². The molecule has 0 nitrogen and oxygen atoms in total.